The van der Waals surface area contributed by atoms with E-state index in [2.05, 4.69) is 15.4 Å². The standard InChI is InChI=1S/C18H17F3N2O3/c1-3-22-16(24)13-6-4-5-7-14(13)17(25)23-15-9-8-12(10-11(15)2)26-18(19,20)21/h4-10H,3H2,1-2H3,(H,22,24)(H,23,25). The van der Waals surface area contributed by atoms with Crippen molar-refractivity contribution in [1.82, 2.24) is 5.32 Å². The van der Waals surface area contributed by atoms with Crippen LogP contribution in [0.2, 0.25) is 0 Å². The lowest BCUT2D eigenvalue weighted by Gasteiger charge is -2.13. The van der Waals surface area contributed by atoms with E-state index >= 15 is 0 Å². The molecule has 0 heterocycles. The van der Waals surface area contributed by atoms with E-state index in [1.165, 1.54) is 31.2 Å². The van der Waals surface area contributed by atoms with E-state index in [9.17, 15) is 22.8 Å². The van der Waals surface area contributed by atoms with Gasteiger partial charge in [-0.15, -0.1) is 13.2 Å². The lowest BCUT2D eigenvalue weighted by Crippen LogP contribution is -2.26. The van der Waals surface area contributed by atoms with E-state index in [-0.39, 0.29) is 22.8 Å². The number of rotatable bonds is 5. The smallest absolute Gasteiger partial charge is 0.406 e. The van der Waals surface area contributed by atoms with Crippen molar-refractivity contribution in [3.8, 4) is 5.75 Å². The lowest BCUT2D eigenvalue weighted by atomic mass is 10.1. The van der Waals surface area contributed by atoms with Gasteiger partial charge in [0.05, 0.1) is 11.1 Å². The summed E-state index contributed by atoms with van der Waals surface area (Å²) in [5, 5.41) is 5.22. The molecule has 0 saturated heterocycles. The van der Waals surface area contributed by atoms with Crippen LogP contribution < -0.4 is 15.4 Å². The number of hydrogen-bond donors (Lipinski definition) is 2. The second-order valence-electron chi connectivity index (χ2n) is 5.38. The number of halogens is 3. The Hall–Kier alpha value is -3.03. The normalized spacial score (nSPS) is 11.0. The van der Waals surface area contributed by atoms with E-state index < -0.39 is 12.3 Å². The summed E-state index contributed by atoms with van der Waals surface area (Å²) in [6.07, 6.45) is -4.79. The van der Waals surface area contributed by atoms with Crippen molar-refractivity contribution in [3.05, 3.63) is 59.2 Å². The molecular formula is C18H17F3N2O3. The molecule has 2 N–H and O–H groups in total. The van der Waals surface area contributed by atoms with Gasteiger partial charge in [0.25, 0.3) is 11.8 Å². The Morgan fingerprint density at radius 1 is 1.04 bits per heavy atom. The van der Waals surface area contributed by atoms with Crippen LogP contribution in [0.25, 0.3) is 0 Å². The minimum absolute atomic E-state index is 0.161. The molecule has 0 radical (unpaired) electrons. The van der Waals surface area contributed by atoms with E-state index in [1.54, 1.807) is 19.1 Å². The van der Waals surface area contributed by atoms with Gasteiger partial charge in [-0.1, -0.05) is 12.1 Å². The first kappa shape index (κ1) is 19.3. The van der Waals surface area contributed by atoms with Gasteiger partial charge in [0, 0.05) is 12.2 Å². The molecule has 0 aliphatic carbocycles. The molecule has 0 aliphatic rings. The Balaban J connectivity index is 2.22. The molecule has 2 amide bonds. The Bertz CT molecular complexity index is 820. The van der Waals surface area contributed by atoms with Crippen molar-refractivity contribution >= 4 is 17.5 Å². The molecular weight excluding hydrogens is 349 g/mol. The zero-order valence-corrected chi connectivity index (χ0v) is 14.1. The van der Waals surface area contributed by atoms with Gasteiger partial charge in [-0.3, -0.25) is 9.59 Å². The molecule has 0 spiro atoms. The third-order valence-corrected chi connectivity index (χ3v) is 3.43. The fraction of sp³-hybridized carbons (Fsp3) is 0.222. The summed E-state index contributed by atoms with van der Waals surface area (Å²) in [6.45, 7) is 3.71. The van der Waals surface area contributed by atoms with Gasteiger partial charge in [0.1, 0.15) is 5.75 Å². The summed E-state index contributed by atoms with van der Waals surface area (Å²) >= 11 is 0. The van der Waals surface area contributed by atoms with Crippen molar-refractivity contribution in [1.29, 1.82) is 0 Å². The topological polar surface area (TPSA) is 67.4 Å². The van der Waals surface area contributed by atoms with E-state index in [0.29, 0.717) is 17.8 Å². The van der Waals surface area contributed by atoms with Gasteiger partial charge in [-0.2, -0.15) is 0 Å². The number of ether oxygens (including phenoxy) is 1. The van der Waals surface area contributed by atoms with Gasteiger partial charge in [0.15, 0.2) is 0 Å². The highest BCUT2D eigenvalue weighted by molar-refractivity contribution is 6.12. The third kappa shape index (κ3) is 4.98. The lowest BCUT2D eigenvalue weighted by molar-refractivity contribution is -0.274. The SMILES string of the molecule is CCNC(=O)c1ccccc1C(=O)Nc1ccc(OC(F)(F)F)cc1C. The second kappa shape index (κ2) is 7.90. The second-order valence-corrected chi connectivity index (χ2v) is 5.38. The molecule has 0 atom stereocenters. The monoisotopic (exact) mass is 366 g/mol. The van der Waals surface area contributed by atoms with E-state index in [0.717, 1.165) is 6.07 Å². The van der Waals surface area contributed by atoms with Crippen molar-refractivity contribution in [2.75, 3.05) is 11.9 Å². The quantitative estimate of drug-likeness (QED) is 0.844. The molecule has 0 aliphatic heterocycles. The van der Waals surface area contributed by atoms with Gasteiger partial charge < -0.3 is 15.4 Å². The van der Waals surface area contributed by atoms with Crippen LogP contribution in [0, 0.1) is 6.92 Å². The molecule has 0 unspecified atom stereocenters. The first-order valence-electron chi connectivity index (χ1n) is 7.76. The summed E-state index contributed by atoms with van der Waals surface area (Å²) in [4.78, 5) is 24.6. The number of alkyl halides is 3. The number of anilines is 1. The molecule has 2 aromatic rings. The number of carbonyl (C=O) groups is 2. The molecule has 5 nitrogen and oxygen atoms in total. The van der Waals surface area contributed by atoms with Crippen LogP contribution >= 0.6 is 0 Å². The zero-order chi connectivity index (χ0) is 19.3. The molecule has 2 rings (SSSR count). The van der Waals surface area contributed by atoms with Gasteiger partial charge in [-0.25, -0.2) is 0 Å². The van der Waals surface area contributed by atoms with E-state index in [1.807, 2.05) is 0 Å². The predicted octanol–water partition coefficient (Wildman–Crippen LogP) is 3.90. The maximum atomic E-state index is 12.5. The Morgan fingerprint density at radius 2 is 1.65 bits per heavy atom. The summed E-state index contributed by atoms with van der Waals surface area (Å²) in [7, 11) is 0. The largest absolute Gasteiger partial charge is 0.573 e. The van der Waals surface area contributed by atoms with Crippen molar-refractivity contribution in [2.45, 2.75) is 20.2 Å². The third-order valence-electron chi connectivity index (χ3n) is 3.43. The molecule has 0 aromatic heterocycles. The van der Waals surface area contributed by atoms with Gasteiger partial charge in [0.2, 0.25) is 0 Å². The van der Waals surface area contributed by atoms with Crippen LogP contribution in [-0.4, -0.2) is 24.7 Å². The molecule has 8 heteroatoms. The Morgan fingerprint density at radius 3 is 2.19 bits per heavy atom. The fourth-order valence-electron chi connectivity index (χ4n) is 2.30. The number of nitrogens with one attached hydrogen (secondary N) is 2. The maximum absolute atomic E-state index is 12.5. The summed E-state index contributed by atoms with van der Waals surface area (Å²) in [6, 6.07) is 9.84. The molecule has 0 saturated carbocycles. The summed E-state index contributed by atoms with van der Waals surface area (Å²) in [5.41, 5.74) is 1.07. The van der Waals surface area contributed by atoms with Gasteiger partial charge >= 0.3 is 6.36 Å². The summed E-state index contributed by atoms with van der Waals surface area (Å²) < 4.78 is 40.6. The number of carbonyl (C=O) groups excluding carboxylic acids is 2. The highest BCUT2D eigenvalue weighted by Crippen LogP contribution is 2.27. The first-order valence-corrected chi connectivity index (χ1v) is 7.76. The average Bonchev–Trinajstić information content (AvgIpc) is 2.56. The minimum atomic E-state index is -4.79. The van der Waals surface area contributed by atoms with Crippen LogP contribution in [0.1, 0.15) is 33.2 Å². The summed E-state index contributed by atoms with van der Waals surface area (Å²) in [5.74, 6) is -1.31. The van der Waals surface area contributed by atoms with Crippen molar-refractivity contribution in [3.63, 3.8) is 0 Å². The number of hydrogen-bond acceptors (Lipinski definition) is 3. The Kier molecular flexibility index (Phi) is 5.86. The van der Waals surface area contributed by atoms with E-state index in [4.69, 9.17) is 0 Å². The number of aryl methyl sites for hydroxylation is 1. The highest BCUT2D eigenvalue weighted by Gasteiger charge is 2.31. The fourth-order valence-corrected chi connectivity index (χ4v) is 2.30. The molecule has 0 bridgehead atoms. The first-order chi connectivity index (χ1) is 12.2. The van der Waals surface area contributed by atoms with Gasteiger partial charge in [-0.05, 0) is 49.7 Å². The minimum Gasteiger partial charge on any atom is -0.406 e. The predicted molar refractivity (Wildman–Crippen MR) is 90.3 cm³/mol. The zero-order valence-electron chi connectivity index (χ0n) is 14.1. The molecule has 2 aromatic carbocycles. The molecule has 138 valence electrons. The van der Waals surface area contributed by atoms with Crippen molar-refractivity contribution < 1.29 is 27.5 Å². The Labute approximate surface area is 148 Å². The van der Waals surface area contributed by atoms with Crippen molar-refractivity contribution in [2.24, 2.45) is 0 Å². The maximum Gasteiger partial charge on any atom is 0.573 e. The van der Waals surface area contributed by atoms with Crippen LogP contribution in [0.5, 0.6) is 5.75 Å². The van der Waals surface area contributed by atoms with Crippen LogP contribution in [0.4, 0.5) is 18.9 Å². The number of amides is 2. The molecule has 26 heavy (non-hydrogen) atoms. The highest BCUT2D eigenvalue weighted by atomic mass is 19.4. The van der Waals surface area contributed by atoms with Crippen LogP contribution in [0.15, 0.2) is 42.5 Å². The van der Waals surface area contributed by atoms with Crippen LogP contribution in [0.3, 0.4) is 0 Å². The van der Waals surface area contributed by atoms with Crippen LogP contribution in [-0.2, 0) is 0 Å². The molecule has 0 fully saturated rings. The average molecular weight is 366 g/mol. The number of benzene rings is 2.